The first-order valence-electron chi connectivity index (χ1n) is 10.2. The fraction of sp³-hybridized carbons (Fsp3) is 0.550. The van der Waals surface area contributed by atoms with Crippen LogP contribution < -0.4 is 10.6 Å². The Balaban J connectivity index is 1.33. The summed E-state index contributed by atoms with van der Waals surface area (Å²) in [4.78, 5) is 29.5. The molecule has 0 unspecified atom stereocenters. The molecule has 1 aromatic carbocycles. The van der Waals surface area contributed by atoms with E-state index in [4.69, 9.17) is 0 Å². The van der Waals surface area contributed by atoms with E-state index in [0.29, 0.717) is 17.3 Å². The molecular weight excluding hydrogens is 356 g/mol. The predicted molar refractivity (Wildman–Crippen MR) is 106 cm³/mol. The fourth-order valence-corrected chi connectivity index (χ4v) is 4.75. The molecule has 3 amide bonds. The maximum Gasteiger partial charge on any atom is 0.321 e. The summed E-state index contributed by atoms with van der Waals surface area (Å²) in [5, 5.41) is 14.0. The molecule has 28 heavy (non-hydrogen) atoms. The maximum absolute atomic E-state index is 12.9. The molecule has 3 N–H and O–H groups in total. The molecule has 6 rings (SSSR count). The lowest BCUT2D eigenvalue weighted by molar-refractivity contribution is 0.0618. The van der Waals surface area contributed by atoms with Crippen LogP contribution in [0.3, 0.4) is 0 Å². The van der Waals surface area contributed by atoms with Gasteiger partial charge in [-0.3, -0.25) is 9.89 Å². The second-order valence-electron chi connectivity index (χ2n) is 8.17. The number of rotatable bonds is 3. The van der Waals surface area contributed by atoms with E-state index < -0.39 is 0 Å². The number of benzene rings is 1. The van der Waals surface area contributed by atoms with Gasteiger partial charge in [0.2, 0.25) is 0 Å². The fourth-order valence-electron chi connectivity index (χ4n) is 4.75. The number of carbonyl (C=O) groups is 2. The van der Waals surface area contributed by atoms with Crippen molar-refractivity contribution in [2.75, 3.05) is 38.0 Å². The maximum atomic E-state index is 12.9. The SMILES string of the molecule is O=C(N[C@@H]1CN2CCC1CC2)c1n[nH]c2ccc(NC(=O)N3CCCC3)cc12. The summed E-state index contributed by atoms with van der Waals surface area (Å²) in [7, 11) is 0. The summed E-state index contributed by atoms with van der Waals surface area (Å²) in [6.07, 6.45) is 4.41. The number of hydrogen-bond acceptors (Lipinski definition) is 4. The largest absolute Gasteiger partial charge is 0.346 e. The van der Waals surface area contributed by atoms with Gasteiger partial charge in [0.15, 0.2) is 5.69 Å². The second kappa shape index (κ2) is 7.09. The molecule has 4 aliphatic heterocycles. The van der Waals surface area contributed by atoms with Crippen molar-refractivity contribution in [2.45, 2.75) is 31.7 Å². The van der Waals surface area contributed by atoms with Gasteiger partial charge in [-0.15, -0.1) is 0 Å². The molecule has 0 saturated carbocycles. The summed E-state index contributed by atoms with van der Waals surface area (Å²) < 4.78 is 0. The van der Waals surface area contributed by atoms with Crippen LogP contribution in [0.5, 0.6) is 0 Å². The lowest BCUT2D eigenvalue weighted by Gasteiger charge is -2.44. The summed E-state index contributed by atoms with van der Waals surface area (Å²) in [6.45, 7) is 4.81. The van der Waals surface area contributed by atoms with Crippen LogP contribution in [-0.2, 0) is 0 Å². The first-order valence-corrected chi connectivity index (χ1v) is 10.2. The highest BCUT2D eigenvalue weighted by Crippen LogP contribution is 2.28. The Bertz CT molecular complexity index is 895. The van der Waals surface area contributed by atoms with Crippen LogP contribution in [0.2, 0.25) is 0 Å². The van der Waals surface area contributed by atoms with E-state index in [2.05, 4.69) is 25.7 Å². The van der Waals surface area contributed by atoms with E-state index in [0.717, 1.165) is 69.3 Å². The molecule has 1 atom stereocenters. The van der Waals surface area contributed by atoms with Gasteiger partial charge in [-0.1, -0.05) is 0 Å². The topological polar surface area (TPSA) is 93.4 Å². The first-order chi connectivity index (χ1) is 13.7. The van der Waals surface area contributed by atoms with Crippen LogP contribution in [0.4, 0.5) is 10.5 Å². The van der Waals surface area contributed by atoms with Crippen molar-refractivity contribution in [2.24, 2.45) is 5.92 Å². The molecule has 148 valence electrons. The van der Waals surface area contributed by atoms with Crippen molar-refractivity contribution in [3.05, 3.63) is 23.9 Å². The Hall–Kier alpha value is -2.61. The third-order valence-electron chi connectivity index (χ3n) is 6.40. The minimum atomic E-state index is -0.145. The van der Waals surface area contributed by atoms with Crippen LogP contribution in [0.25, 0.3) is 10.9 Å². The van der Waals surface area contributed by atoms with E-state index in [-0.39, 0.29) is 18.0 Å². The number of amides is 3. The number of fused-ring (bicyclic) bond motifs is 4. The molecule has 8 nitrogen and oxygen atoms in total. The van der Waals surface area contributed by atoms with Crippen molar-refractivity contribution >= 4 is 28.5 Å². The zero-order chi connectivity index (χ0) is 19.1. The molecule has 1 aromatic heterocycles. The molecule has 2 bridgehead atoms. The molecule has 4 fully saturated rings. The average Bonchev–Trinajstić information content (AvgIpc) is 3.39. The molecule has 5 heterocycles. The molecule has 0 spiro atoms. The number of nitrogens with zero attached hydrogens (tertiary/aromatic N) is 3. The van der Waals surface area contributed by atoms with Crippen LogP contribution >= 0.6 is 0 Å². The summed E-state index contributed by atoms with van der Waals surface area (Å²) in [5.41, 5.74) is 1.87. The second-order valence-corrected chi connectivity index (χ2v) is 8.17. The van der Waals surface area contributed by atoms with Crippen molar-refractivity contribution in [1.82, 2.24) is 25.3 Å². The molecule has 2 aromatic rings. The minimum Gasteiger partial charge on any atom is -0.346 e. The highest BCUT2D eigenvalue weighted by atomic mass is 16.2. The number of H-pyrrole nitrogens is 1. The number of carbonyl (C=O) groups excluding carboxylic acids is 2. The zero-order valence-electron chi connectivity index (χ0n) is 15.9. The van der Waals surface area contributed by atoms with Crippen molar-refractivity contribution in [3.63, 3.8) is 0 Å². The van der Waals surface area contributed by atoms with Gasteiger partial charge in [0, 0.05) is 36.7 Å². The van der Waals surface area contributed by atoms with Gasteiger partial charge in [0.25, 0.3) is 5.91 Å². The van der Waals surface area contributed by atoms with Crippen LogP contribution in [-0.4, -0.2) is 70.7 Å². The first kappa shape index (κ1) is 17.5. The molecule has 8 heteroatoms. The number of hydrogen-bond donors (Lipinski definition) is 3. The summed E-state index contributed by atoms with van der Waals surface area (Å²) in [6, 6.07) is 5.63. The van der Waals surface area contributed by atoms with E-state index in [1.54, 1.807) is 0 Å². The monoisotopic (exact) mass is 382 g/mol. The Morgan fingerprint density at radius 1 is 1.11 bits per heavy atom. The Morgan fingerprint density at radius 2 is 1.89 bits per heavy atom. The third-order valence-corrected chi connectivity index (χ3v) is 6.40. The Kier molecular flexibility index (Phi) is 4.43. The number of likely N-dealkylation sites (tertiary alicyclic amines) is 1. The lowest BCUT2D eigenvalue weighted by Crippen LogP contribution is -2.57. The van der Waals surface area contributed by atoms with Gasteiger partial charge < -0.3 is 20.4 Å². The number of nitrogens with one attached hydrogen (secondary N) is 3. The van der Waals surface area contributed by atoms with E-state index >= 15 is 0 Å². The highest BCUT2D eigenvalue weighted by Gasteiger charge is 2.35. The number of urea groups is 1. The average molecular weight is 382 g/mol. The molecule has 0 radical (unpaired) electrons. The number of aromatic amines is 1. The smallest absolute Gasteiger partial charge is 0.321 e. The summed E-state index contributed by atoms with van der Waals surface area (Å²) >= 11 is 0. The van der Waals surface area contributed by atoms with Gasteiger partial charge >= 0.3 is 6.03 Å². The highest BCUT2D eigenvalue weighted by molar-refractivity contribution is 6.06. The summed E-state index contributed by atoms with van der Waals surface area (Å²) in [5.74, 6) is 0.419. The van der Waals surface area contributed by atoms with Crippen molar-refractivity contribution in [1.29, 1.82) is 0 Å². The number of piperidine rings is 3. The zero-order valence-corrected chi connectivity index (χ0v) is 15.9. The third kappa shape index (κ3) is 3.22. The Morgan fingerprint density at radius 3 is 2.61 bits per heavy atom. The molecule has 4 saturated heterocycles. The van der Waals surface area contributed by atoms with E-state index in [1.165, 1.54) is 0 Å². The quantitative estimate of drug-likeness (QED) is 0.757. The minimum absolute atomic E-state index is 0.0846. The standard InChI is InChI=1S/C20H26N6O2/c27-19(22-17-12-25-9-5-13(17)6-10-25)18-15-11-14(3-4-16(15)23-24-18)21-20(28)26-7-1-2-8-26/h3-4,11,13,17H,1-2,5-10,12H2,(H,21,28)(H,22,27)(H,23,24)/t17-/m1/s1. The van der Waals surface area contributed by atoms with Gasteiger partial charge in [-0.25, -0.2) is 4.79 Å². The van der Waals surface area contributed by atoms with Gasteiger partial charge in [-0.2, -0.15) is 5.10 Å². The van der Waals surface area contributed by atoms with Gasteiger partial charge in [0.1, 0.15) is 0 Å². The lowest BCUT2D eigenvalue weighted by atomic mass is 9.84. The number of anilines is 1. The van der Waals surface area contributed by atoms with Gasteiger partial charge in [-0.05, 0) is 62.9 Å². The van der Waals surface area contributed by atoms with E-state index in [1.807, 2.05) is 23.1 Å². The normalized spacial score (nSPS) is 26.6. The van der Waals surface area contributed by atoms with E-state index in [9.17, 15) is 9.59 Å². The predicted octanol–water partition coefficient (Wildman–Crippen LogP) is 2.01. The molecule has 0 aliphatic carbocycles. The van der Waals surface area contributed by atoms with Crippen LogP contribution in [0.15, 0.2) is 18.2 Å². The molecular formula is C20H26N6O2. The number of aromatic nitrogens is 2. The van der Waals surface area contributed by atoms with Crippen LogP contribution in [0, 0.1) is 5.92 Å². The van der Waals surface area contributed by atoms with Crippen molar-refractivity contribution < 1.29 is 9.59 Å². The van der Waals surface area contributed by atoms with Crippen LogP contribution in [0.1, 0.15) is 36.2 Å². The van der Waals surface area contributed by atoms with Crippen molar-refractivity contribution in [3.8, 4) is 0 Å². The molecule has 4 aliphatic rings. The van der Waals surface area contributed by atoms with Gasteiger partial charge in [0.05, 0.1) is 5.52 Å². The Labute approximate surface area is 163 Å².